The topological polar surface area (TPSA) is 104 Å². The van der Waals surface area contributed by atoms with Crippen molar-refractivity contribution in [2.24, 2.45) is 11.0 Å². The molecule has 1 atom stereocenters. The van der Waals surface area contributed by atoms with E-state index in [2.05, 4.69) is 21.9 Å². The Morgan fingerprint density at radius 2 is 1.74 bits per heavy atom. The summed E-state index contributed by atoms with van der Waals surface area (Å²) in [4.78, 5) is 25.2. The van der Waals surface area contributed by atoms with Gasteiger partial charge in [-0.3, -0.25) is 9.59 Å². The zero-order valence-electron chi connectivity index (χ0n) is 19.4. The lowest BCUT2D eigenvalue weighted by molar-refractivity contribution is -0.123. The number of nitrogens with one attached hydrogen (secondary N) is 2. The first kappa shape index (κ1) is 25.1. The summed E-state index contributed by atoms with van der Waals surface area (Å²) < 4.78 is 19.8. The third-order valence-electron chi connectivity index (χ3n) is 5.17. The van der Waals surface area contributed by atoms with E-state index in [1.165, 1.54) is 24.4 Å². The van der Waals surface area contributed by atoms with Crippen molar-refractivity contribution >= 4 is 18.0 Å². The zero-order chi connectivity index (χ0) is 25.2. The number of nitrogens with zero attached hydrogens (tertiary/aromatic N) is 2. The summed E-state index contributed by atoms with van der Waals surface area (Å²) in [5.74, 6) is -1.64. The molecule has 0 aliphatic carbocycles. The fraction of sp³-hybridized carbons (Fsp3) is 0.185. The van der Waals surface area contributed by atoms with Crippen LogP contribution in [0.5, 0.6) is 5.75 Å². The van der Waals surface area contributed by atoms with Crippen LogP contribution in [0.2, 0.25) is 0 Å². The number of carbonyl (C=O) groups is 2. The number of nitriles is 1. The summed E-state index contributed by atoms with van der Waals surface area (Å²) in [7, 11) is 0. The van der Waals surface area contributed by atoms with E-state index in [9.17, 15) is 19.2 Å². The molecular weight excluding hydrogens is 447 g/mol. The Hall–Kier alpha value is -4.51. The largest absolute Gasteiger partial charge is 0.488 e. The highest BCUT2D eigenvalue weighted by atomic mass is 19.1. The van der Waals surface area contributed by atoms with Crippen LogP contribution in [0.1, 0.15) is 40.9 Å². The van der Waals surface area contributed by atoms with Gasteiger partial charge in [-0.05, 0) is 36.2 Å². The van der Waals surface area contributed by atoms with Gasteiger partial charge in [-0.25, -0.2) is 9.82 Å². The molecule has 0 aliphatic heterocycles. The van der Waals surface area contributed by atoms with E-state index in [0.29, 0.717) is 16.9 Å². The van der Waals surface area contributed by atoms with E-state index >= 15 is 0 Å². The van der Waals surface area contributed by atoms with E-state index < -0.39 is 23.7 Å². The lowest BCUT2D eigenvalue weighted by Gasteiger charge is -2.20. The standard InChI is InChI=1S/C27H25FN4O3/c1-18(2)25(31-26(33)22-12-6-7-13-23(22)28)27(34)32-30-16-20-10-5-8-14-24(20)35-17-21-11-4-3-9-19(21)15-29/h3-14,16,18,25H,17H2,1-2H3,(H,31,33)(H,32,34). The second kappa shape index (κ2) is 12.1. The first-order chi connectivity index (χ1) is 16.9. The van der Waals surface area contributed by atoms with Crippen molar-refractivity contribution in [3.63, 3.8) is 0 Å². The van der Waals surface area contributed by atoms with Crippen LogP contribution in [-0.4, -0.2) is 24.1 Å². The van der Waals surface area contributed by atoms with Crippen LogP contribution < -0.4 is 15.5 Å². The molecule has 35 heavy (non-hydrogen) atoms. The maximum atomic E-state index is 13.9. The smallest absolute Gasteiger partial charge is 0.262 e. The molecule has 2 N–H and O–H groups in total. The third-order valence-corrected chi connectivity index (χ3v) is 5.17. The molecule has 0 saturated carbocycles. The maximum Gasteiger partial charge on any atom is 0.262 e. The van der Waals surface area contributed by atoms with Crippen molar-refractivity contribution in [1.82, 2.24) is 10.7 Å². The van der Waals surface area contributed by atoms with E-state index in [-0.39, 0.29) is 18.1 Å². The van der Waals surface area contributed by atoms with Crippen molar-refractivity contribution in [3.05, 3.63) is 101 Å². The molecule has 3 aromatic carbocycles. The fourth-order valence-corrected chi connectivity index (χ4v) is 3.26. The van der Waals surface area contributed by atoms with Gasteiger partial charge < -0.3 is 10.1 Å². The van der Waals surface area contributed by atoms with E-state index in [1.807, 2.05) is 12.1 Å². The molecule has 0 bridgehead atoms. The highest BCUT2D eigenvalue weighted by Crippen LogP contribution is 2.19. The minimum atomic E-state index is -0.923. The molecule has 0 aliphatic rings. The minimum Gasteiger partial charge on any atom is -0.488 e. The van der Waals surface area contributed by atoms with Gasteiger partial charge in [0.25, 0.3) is 11.8 Å². The highest BCUT2D eigenvalue weighted by molar-refractivity contribution is 5.98. The Kier molecular flexibility index (Phi) is 8.68. The van der Waals surface area contributed by atoms with Crippen LogP contribution in [0.15, 0.2) is 77.9 Å². The van der Waals surface area contributed by atoms with Crippen LogP contribution in [0, 0.1) is 23.1 Å². The third kappa shape index (κ3) is 6.74. The van der Waals surface area contributed by atoms with E-state index in [0.717, 1.165) is 5.56 Å². The number of ether oxygens (including phenoxy) is 1. The molecule has 0 heterocycles. The summed E-state index contributed by atoms with van der Waals surface area (Å²) in [6.45, 7) is 3.72. The molecule has 1 unspecified atom stereocenters. The first-order valence-electron chi connectivity index (χ1n) is 11.0. The molecule has 0 saturated heterocycles. The lowest BCUT2D eigenvalue weighted by Crippen LogP contribution is -2.48. The summed E-state index contributed by atoms with van der Waals surface area (Å²) in [6, 6.07) is 21.0. The molecule has 3 rings (SSSR count). The Labute approximate surface area is 203 Å². The van der Waals surface area contributed by atoms with E-state index in [1.54, 1.807) is 56.3 Å². The van der Waals surface area contributed by atoms with Crippen LogP contribution in [-0.2, 0) is 11.4 Å². The van der Waals surface area contributed by atoms with Gasteiger partial charge in [-0.2, -0.15) is 10.4 Å². The molecule has 178 valence electrons. The summed E-state index contributed by atoms with van der Waals surface area (Å²) in [5, 5.41) is 15.8. The van der Waals surface area contributed by atoms with Crippen LogP contribution in [0.4, 0.5) is 4.39 Å². The highest BCUT2D eigenvalue weighted by Gasteiger charge is 2.25. The molecule has 7 nitrogen and oxygen atoms in total. The minimum absolute atomic E-state index is 0.140. The maximum absolute atomic E-state index is 13.9. The van der Waals surface area contributed by atoms with Gasteiger partial charge in [0.15, 0.2) is 0 Å². The molecular formula is C27H25FN4O3. The number of rotatable bonds is 9. The molecule has 0 fully saturated rings. The zero-order valence-corrected chi connectivity index (χ0v) is 19.4. The first-order valence-corrected chi connectivity index (χ1v) is 11.0. The van der Waals surface area contributed by atoms with Gasteiger partial charge in [-0.15, -0.1) is 0 Å². The lowest BCUT2D eigenvalue weighted by atomic mass is 10.0. The summed E-state index contributed by atoms with van der Waals surface area (Å²) in [6.07, 6.45) is 1.43. The number of carbonyl (C=O) groups excluding carboxylic acids is 2. The number of hydrazone groups is 1. The SMILES string of the molecule is CC(C)C(NC(=O)c1ccccc1F)C(=O)NN=Cc1ccccc1OCc1ccccc1C#N. The Morgan fingerprint density at radius 1 is 1.06 bits per heavy atom. The number of amides is 2. The number of hydrogen-bond acceptors (Lipinski definition) is 5. The number of hydrogen-bond donors (Lipinski definition) is 2. The van der Waals surface area contributed by atoms with Gasteiger partial charge in [-0.1, -0.05) is 56.3 Å². The van der Waals surface area contributed by atoms with Gasteiger partial charge in [0, 0.05) is 11.1 Å². The second-order valence-corrected chi connectivity index (χ2v) is 8.00. The summed E-state index contributed by atoms with van der Waals surface area (Å²) >= 11 is 0. The Morgan fingerprint density at radius 3 is 2.49 bits per heavy atom. The van der Waals surface area contributed by atoms with Crippen molar-refractivity contribution in [3.8, 4) is 11.8 Å². The Bertz CT molecular complexity index is 1270. The van der Waals surface area contributed by atoms with Gasteiger partial charge in [0.05, 0.1) is 23.4 Å². The number of halogens is 1. The van der Waals surface area contributed by atoms with Crippen molar-refractivity contribution in [2.75, 3.05) is 0 Å². The van der Waals surface area contributed by atoms with Crippen molar-refractivity contribution in [1.29, 1.82) is 5.26 Å². The predicted molar refractivity (Wildman–Crippen MR) is 130 cm³/mol. The second-order valence-electron chi connectivity index (χ2n) is 8.00. The number of para-hydroxylation sites is 1. The van der Waals surface area contributed by atoms with Gasteiger partial charge >= 0.3 is 0 Å². The van der Waals surface area contributed by atoms with Crippen molar-refractivity contribution < 1.29 is 18.7 Å². The average Bonchev–Trinajstić information content (AvgIpc) is 2.86. The van der Waals surface area contributed by atoms with Crippen LogP contribution >= 0.6 is 0 Å². The predicted octanol–water partition coefficient (Wildman–Crippen LogP) is 4.18. The van der Waals surface area contributed by atoms with E-state index in [4.69, 9.17) is 4.74 Å². The normalized spacial score (nSPS) is 11.6. The fourth-order valence-electron chi connectivity index (χ4n) is 3.26. The quantitative estimate of drug-likeness (QED) is 0.360. The molecule has 0 aromatic heterocycles. The van der Waals surface area contributed by atoms with Gasteiger partial charge in [0.2, 0.25) is 0 Å². The van der Waals surface area contributed by atoms with Crippen LogP contribution in [0.25, 0.3) is 0 Å². The molecule has 0 spiro atoms. The average molecular weight is 473 g/mol. The van der Waals surface area contributed by atoms with Crippen LogP contribution in [0.3, 0.4) is 0 Å². The molecule has 2 amide bonds. The number of benzene rings is 3. The van der Waals surface area contributed by atoms with Gasteiger partial charge in [0.1, 0.15) is 24.2 Å². The van der Waals surface area contributed by atoms with Crippen molar-refractivity contribution in [2.45, 2.75) is 26.5 Å². The molecule has 0 radical (unpaired) electrons. The monoisotopic (exact) mass is 472 g/mol. The molecule has 3 aromatic rings. The Balaban J connectivity index is 1.65. The molecule has 8 heteroatoms. The summed E-state index contributed by atoms with van der Waals surface area (Å²) in [5.41, 5.74) is 4.18.